The fraction of sp³-hybridized carbons (Fsp3) is 0.263. The number of rotatable bonds is 7. The first-order valence-corrected chi connectivity index (χ1v) is 9.28. The molecule has 2 aromatic carbocycles. The van der Waals surface area contributed by atoms with Crippen LogP contribution in [0.2, 0.25) is 0 Å². The molecule has 1 atom stereocenters. The van der Waals surface area contributed by atoms with Crippen LogP contribution in [0, 0.1) is 0 Å². The molecular weight excluding hydrogens is 393 g/mol. The Labute approximate surface area is 164 Å². The first-order chi connectivity index (χ1) is 13.2. The molecule has 9 heteroatoms. The average Bonchev–Trinajstić information content (AvgIpc) is 2.66. The topological polar surface area (TPSA) is 67.4 Å². The summed E-state index contributed by atoms with van der Waals surface area (Å²) in [5, 5.41) is 4.21. The molecule has 2 aromatic rings. The molecule has 0 unspecified atom stereocenters. The number of alkyl halides is 3. The lowest BCUT2D eigenvalue weighted by Gasteiger charge is -2.16. The van der Waals surface area contributed by atoms with Crippen LogP contribution in [0.1, 0.15) is 12.5 Å². The minimum Gasteiger partial charge on any atom is -0.495 e. The van der Waals surface area contributed by atoms with Crippen LogP contribution < -0.4 is 15.4 Å². The highest BCUT2D eigenvalue weighted by Gasteiger charge is 2.33. The van der Waals surface area contributed by atoms with E-state index in [0.717, 1.165) is 17.8 Å². The van der Waals surface area contributed by atoms with Crippen molar-refractivity contribution >= 4 is 35.0 Å². The molecular formula is C19H19F3N2O3S. The third-order valence-electron chi connectivity index (χ3n) is 3.71. The predicted molar refractivity (Wildman–Crippen MR) is 104 cm³/mol. The van der Waals surface area contributed by atoms with Crippen molar-refractivity contribution in [3.63, 3.8) is 0 Å². The summed E-state index contributed by atoms with van der Waals surface area (Å²) in [6.45, 7) is 1.52. The fourth-order valence-electron chi connectivity index (χ4n) is 2.28. The minimum atomic E-state index is -4.57. The molecule has 0 heterocycles. The van der Waals surface area contributed by atoms with Crippen LogP contribution in [0.3, 0.4) is 0 Å². The van der Waals surface area contributed by atoms with Crippen molar-refractivity contribution in [3.8, 4) is 5.75 Å². The summed E-state index contributed by atoms with van der Waals surface area (Å²) < 4.78 is 44.1. The van der Waals surface area contributed by atoms with Gasteiger partial charge in [0.2, 0.25) is 11.8 Å². The first kappa shape index (κ1) is 21.6. The van der Waals surface area contributed by atoms with Gasteiger partial charge in [-0.05, 0) is 31.2 Å². The minimum absolute atomic E-state index is 0.0481. The number of anilines is 2. The molecule has 0 aromatic heterocycles. The number of carbonyl (C=O) groups is 2. The van der Waals surface area contributed by atoms with Crippen LogP contribution in [0.25, 0.3) is 0 Å². The van der Waals surface area contributed by atoms with Gasteiger partial charge in [0.25, 0.3) is 0 Å². The van der Waals surface area contributed by atoms with E-state index in [0.29, 0.717) is 11.4 Å². The lowest BCUT2D eigenvalue weighted by Crippen LogP contribution is -2.26. The van der Waals surface area contributed by atoms with E-state index >= 15 is 0 Å². The van der Waals surface area contributed by atoms with E-state index in [-0.39, 0.29) is 17.3 Å². The van der Waals surface area contributed by atoms with Crippen molar-refractivity contribution in [1.29, 1.82) is 0 Å². The number of para-hydroxylation sites is 3. The monoisotopic (exact) mass is 412 g/mol. The van der Waals surface area contributed by atoms with Gasteiger partial charge in [-0.3, -0.25) is 9.59 Å². The Kier molecular flexibility index (Phi) is 7.33. The Morgan fingerprint density at radius 1 is 1.04 bits per heavy atom. The summed E-state index contributed by atoms with van der Waals surface area (Å²) in [6.07, 6.45) is -4.57. The molecule has 0 spiro atoms. The van der Waals surface area contributed by atoms with Gasteiger partial charge in [0, 0.05) is 0 Å². The van der Waals surface area contributed by atoms with E-state index in [4.69, 9.17) is 4.74 Å². The maximum atomic E-state index is 13.0. The Hall–Kier alpha value is -2.68. The van der Waals surface area contributed by atoms with Crippen LogP contribution in [0.5, 0.6) is 5.75 Å². The highest BCUT2D eigenvalue weighted by molar-refractivity contribution is 8.01. The zero-order chi connectivity index (χ0) is 20.7. The number of ether oxygens (including phenoxy) is 1. The Balaban J connectivity index is 1.92. The van der Waals surface area contributed by atoms with E-state index in [9.17, 15) is 22.8 Å². The molecule has 2 rings (SSSR count). The molecule has 0 aliphatic heterocycles. The van der Waals surface area contributed by atoms with Gasteiger partial charge in [0.05, 0.1) is 35.1 Å². The molecule has 2 N–H and O–H groups in total. The molecule has 0 bridgehead atoms. The van der Waals surface area contributed by atoms with Gasteiger partial charge in [0.15, 0.2) is 0 Å². The van der Waals surface area contributed by atoms with Crippen LogP contribution in [-0.4, -0.2) is 29.9 Å². The Bertz CT molecular complexity index is 843. The second kappa shape index (κ2) is 9.50. The highest BCUT2D eigenvalue weighted by atomic mass is 32.2. The summed E-state index contributed by atoms with van der Waals surface area (Å²) in [4.78, 5) is 24.3. The molecule has 5 nitrogen and oxygen atoms in total. The molecule has 28 heavy (non-hydrogen) atoms. The fourth-order valence-corrected chi connectivity index (χ4v) is 2.97. The molecule has 0 saturated heterocycles. The molecule has 0 aliphatic rings. The Morgan fingerprint density at radius 2 is 1.64 bits per heavy atom. The number of nitrogens with one attached hydrogen (secondary N) is 2. The zero-order valence-electron chi connectivity index (χ0n) is 15.2. The normalized spacial score (nSPS) is 12.2. The van der Waals surface area contributed by atoms with Gasteiger partial charge in [-0.2, -0.15) is 13.2 Å². The van der Waals surface area contributed by atoms with E-state index in [1.165, 1.54) is 32.2 Å². The second-order valence-corrected chi connectivity index (χ2v) is 7.06. The van der Waals surface area contributed by atoms with Gasteiger partial charge in [0.1, 0.15) is 5.75 Å². The number of carbonyl (C=O) groups excluding carboxylic acids is 2. The van der Waals surface area contributed by atoms with Crippen LogP contribution in [-0.2, 0) is 15.8 Å². The van der Waals surface area contributed by atoms with Crippen LogP contribution in [0.4, 0.5) is 24.5 Å². The van der Waals surface area contributed by atoms with Crippen molar-refractivity contribution in [3.05, 3.63) is 54.1 Å². The number of hydrogen-bond donors (Lipinski definition) is 2. The molecule has 0 aliphatic carbocycles. The largest absolute Gasteiger partial charge is 0.495 e. The van der Waals surface area contributed by atoms with Gasteiger partial charge in [-0.25, -0.2) is 0 Å². The van der Waals surface area contributed by atoms with Gasteiger partial charge in [-0.1, -0.05) is 24.3 Å². The summed E-state index contributed by atoms with van der Waals surface area (Å²) >= 11 is 1.01. The number of benzene rings is 2. The smallest absolute Gasteiger partial charge is 0.418 e. The molecule has 0 fully saturated rings. The van der Waals surface area contributed by atoms with Gasteiger partial charge in [-0.15, -0.1) is 11.8 Å². The van der Waals surface area contributed by atoms with Crippen molar-refractivity contribution < 1.29 is 27.5 Å². The average molecular weight is 412 g/mol. The standard InChI is InChI=1S/C19H19F3N2O3S/c1-12(18(26)24-14-8-4-3-7-13(14)19(20,21)22)28-11-17(25)23-15-9-5-6-10-16(15)27-2/h3-10,12H,11H2,1-2H3,(H,23,25)(H,24,26)/t12-/m0/s1. The summed E-state index contributed by atoms with van der Waals surface area (Å²) in [7, 11) is 1.48. The van der Waals surface area contributed by atoms with Crippen LogP contribution >= 0.6 is 11.8 Å². The van der Waals surface area contributed by atoms with E-state index < -0.39 is 22.9 Å². The zero-order valence-corrected chi connectivity index (χ0v) is 16.0. The van der Waals surface area contributed by atoms with Crippen molar-refractivity contribution in [2.24, 2.45) is 0 Å². The highest BCUT2D eigenvalue weighted by Crippen LogP contribution is 2.34. The summed E-state index contributed by atoms with van der Waals surface area (Å²) in [5.41, 5.74) is -0.743. The van der Waals surface area contributed by atoms with Crippen LogP contribution in [0.15, 0.2) is 48.5 Å². The number of halogens is 3. The van der Waals surface area contributed by atoms with Gasteiger partial charge >= 0.3 is 6.18 Å². The lowest BCUT2D eigenvalue weighted by molar-refractivity contribution is -0.137. The summed E-state index contributed by atoms with van der Waals surface area (Å²) in [5.74, 6) is -0.528. The SMILES string of the molecule is COc1ccccc1NC(=O)CS[C@@H](C)C(=O)Nc1ccccc1C(F)(F)F. The third-order valence-corrected chi connectivity index (χ3v) is 4.85. The molecule has 0 radical (unpaired) electrons. The lowest BCUT2D eigenvalue weighted by atomic mass is 10.1. The summed E-state index contributed by atoms with van der Waals surface area (Å²) in [6, 6.07) is 11.6. The predicted octanol–water partition coefficient (Wildman–Crippen LogP) is 4.41. The maximum absolute atomic E-state index is 13.0. The van der Waals surface area contributed by atoms with Crippen molar-refractivity contribution in [2.75, 3.05) is 23.5 Å². The second-order valence-electron chi connectivity index (χ2n) is 5.73. The molecule has 150 valence electrons. The van der Waals surface area contributed by atoms with Crippen molar-refractivity contribution in [2.45, 2.75) is 18.3 Å². The first-order valence-electron chi connectivity index (χ1n) is 8.24. The third kappa shape index (κ3) is 5.91. The van der Waals surface area contributed by atoms with E-state index in [1.807, 2.05) is 0 Å². The van der Waals surface area contributed by atoms with Crippen molar-refractivity contribution in [1.82, 2.24) is 0 Å². The number of amides is 2. The van der Waals surface area contributed by atoms with Gasteiger partial charge < -0.3 is 15.4 Å². The van der Waals surface area contributed by atoms with E-state index in [2.05, 4.69) is 10.6 Å². The molecule has 0 saturated carbocycles. The van der Waals surface area contributed by atoms with E-state index in [1.54, 1.807) is 24.3 Å². The maximum Gasteiger partial charge on any atom is 0.418 e. The molecule has 2 amide bonds. The number of thioether (sulfide) groups is 1. The number of hydrogen-bond acceptors (Lipinski definition) is 4. The number of methoxy groups -OCH3 is 1. The Morgan fingerprint density at radius 3 is 2.29 bits per heavy atom. The quantitative estimate of drug-likeness (QED) is 0.707.